The van der Waals surface area contributed by atoms with Gasteiger partial charge in [0.1, 0.15) is 5.82 Å². The lowest BCUT2D eigenvalue weighted by Gasteiger charge is -2.23. The van der Waals surface area contributed by atoms with Crippen LogP contribution in [0.5, 0.6) is 0 Å². The summed E-state index contributed by atoms with van der Waals surface area (Å²) in [6.45, 7) is 7.54. The van der Waals surface area contributed by atoms with Crippen molar-refractivity contribution in [2.45, 2.75) is 45.7 Å². The molecule has 0 spiro atoms. The van der Waals surface area contributed by atoms with Crippen molar-refractivity contribution in [2.24, 2.45) is 0 Å². The number of nitrogens with one attached hydrogen (secondary N) is 1. The standard InChI is InChI=1S/C33H33FN2O5S/c1-5-41-33(38)27-15-13-26(14-16-27)21-36(20-25-11-9-22(2)10-12-25)42(39,40)28-17-18-30(34)29(19-28)32(37)35-31-23(3)7-6-8-24(31)4/h6-19H,5,20-21H2,1-4H3,(H,35,37). The van der Waals surface area contributed by atoms with Gasteiger partial charge in [-0.25, -0.2) is 17.6 Å². The van der Waals surface area contributed by atoms with Gasteiger partial charge in [-0.05, 0) is 80.3 Å². The largest absolute Gasteiger partial charge is 0.462 e. The second-order valence-electron chi connectivity index (χ2n) is 10.0. The summed E-state index contributed by atoms with van der Waals surface area (Å²) in [4.78, 5) is 25.0. The molecule has 9 heteroatoms. The Morgan fingerprint density at radius 3 is 1.98 bits per heavy atom. The Kier molecular flexibility index (Phi) is 9.55. The van der Waals surface area contributed by atoms with Crippen molar-refractivity contribution in [1.82, 2.24) is 4.31 Å². The van der Waals surface area contributed by atoms with Crippen LogP contribution in [0, 0.1) is 26.6 Å². The SMILES string of the molecule is CCOC(=O)c1ccc(CN(Cc2ccc(C)cc2)S(=O)(=O)c2ccc(F)c(C(=O)Nc3c(C)cccc3C)c2)cc1. The summed E-state index contributed by atoms with van der Waals surface area (Å²) in [7, 11) is -4.21. The number of hydrogen-bond acceptors (Lipinski definition) is 5. The summed E-state index contributed by atoms with van der Waals surface area (Å²) >= 11 is 0. The second kappa shape index (κ2) is 13.1. The molecule has 0 saturated carbocycles. The van der Waals surface area contributed by atoms with E-state index in [1.165, 1.54) is 4.31 Å². The molecule has 218 valence electrons. The maximum Gasteiger partial charge on any atom is 0.338 e. The molecule has 1 N–H and O–H groups in total. The molecular formula is C33H33FN2O5S. The Bertz CT molecular complexity index is 1680. The number of aryl methyl sites for hydroxylation is 3. The maximum absolute atomic E-state index is 14.9. The molecule has 7 nitrogen and oxygen atoms in total. The van der Waals surface area contributed by atoms with Crippen molar-refractivity contribution in [3.63, 3.8) is 0 Å². The molecule has 4 aromatic rings. The summed E-state index contributed by atoms with van der Waals surface area (Å²) in [5.74, 6) is -2.05. The highest BCUT2D eigenvalue weighted by molar-refractivity contribution is 7.89. The number of esters is 1. The van der Waals surface area contributed by atoms with E-state index in [1.807, 2.05) is 63.2 Å². The van der Waals surface area contributed by atoms with Crippen molar-refractivity contribution in [3.8, 4) is 0 Å². The zero-order valence-electron chi connectivity index (χ0n) is 24.0. The number of nitrogens with zero attached hydrogens (tertiary/aromatic N) is 1. The van der Waals surface area contributed by atoms with Gasteiger partial charge in [-0.3, -0.25) is 4.79 Å². The third-order valence-corrected chi connectivity index (χ3v) is 8.63. The lowest BCUT2D eigenvalue weighted by atomic mass is 10.1. The normalized spacial score (nSPS) is 11.4. The first-order valence-electron chi connectivity index (χ1n) is 13.5. The van der Waals surface area contributed by atoms with Crippen molar-refractivity contribution in [3.05, 3.63) is 130 Å². The minimum absolute atomic E-state index is 0.0272. The smallest absolute Gasteiger partial charge is 0.338 e. The Balaban J connectivity index is 1.68. The van der Waals surface area contributed by atoms with Gasteiger partial charge in [0, 0.05) is 18.8 Å². The van der Waals surface area contributed by atoms with Crippen LogP contribution in [-0.2, 0) is 27.8 Å². The predicted molar refractivity (Wildman–Crippen MR) is 160 cm³/mol. The van der Waals surface area contributed by atoms with Crippen LogP contribution in [0.4, 0.5) is 10.1 Å². The quantitative estimate of drug-likeness (QED) is 0.212. The molecule has 0 fully saturated rings. The van der Waals surface area contributed by atoms with Crippen LogP contribution in [0.15, 0.2) is 89.8 Å². The van der Waals surface area contributed by atoms with Crippen molar-refractivity contribution in [1.29, 1.82) is 0 Å². The summed E-state index contributed by atoms with van der Waals surface area (Å²) in [6.07, 6.45) is 0. The van der Waals surface area contributed by atoms with Gasteiger partial charge in [-0.15, -0.1) is 0 Å². The van der Waals surface area contributed by atoms with Gasteiger partial charge in [-0.2, -0.15) is 4.31 Å². The van der Waals surface area contributed by atoms with Gasteiger partial charge in [0.25, 0.3) is 5.91 Å². The topological polar surface area (TPSA) is 92.8 Å². The zero-order chi connectivity index (χ0) is 30.4. The van der Waals surface area contributed by atoms with Crippen LogP contribution in [0.1, 0.15) is 55.5 Å². The molecule has 0 atom stereocenters. The molecular weight excluding hydrogens is 555 g/mol. The molecule has 4 rings (SSSR count). The average molecular weight is 589 g/mol. The molecule has 0 saturated heterocycles. The molecule has 0 aliphatic carbocycles. The molecule has 1 amide bonds. The second-order valence-corrected chi connectivity index (χ2v) is 12.0. The number of ether oxygens (including phenoxy) is 1. The van der Waals surface area contributed by atoms with E-state index in [1.54, 1.807) is 31.2 Å². The summed E-state index contributed by atoms with van der Waals surface area (Å²) in [5, 5.41) is 2.73. The van der Waals surface area contributed by atoms with E-state index in [4.69, 9.17) is 4.74 Å². The fourth-order valence-corrected chi connectivity index (χ4v) is 5.91. The summed E-state index contributed by atoms with van der Waals surface area (Å²) in [5.41, 5.74) is 4.52. The predicted octanol–water partition coefficient (Wildman–Crippen LogP) is 6.57. The highest BCUT2D eigenvalue weighted by atomic mass is 32.2. The van der Waals surface area contributed by atoms with Crippen molar-refractivity contribution in [2.75, 3.05) is 11.9 Å². The molecule has 0 bridgehead atoms. The number of sulfonamides is 1. The fourth-order valence-electron chi connectivity index (χ4n) is 4.47. The highest BCUT2D eigenvalue weighted by Gasteiger charge is 2.27. The Morgan fingerprint density at radius 2 is 1.40 bits per heavy atom. The van der Waals surface area contributed by atoms with Gasteiger partial charge >= 0.3 is 5.97 Å². The summed E-state index contributed by atoms with van der Waals surface area (Å²) < 4.78 is 49.2. The van der Waals surface area contributed by atoms with Crippen LogP contribution in [0.2, 0.25) is 0 Å². The first-order valence-corrected chi connectivity index (χ1v) is 14.9. The maximum atomic E-state index is 14.9. The lowest BCUT2D eigenvalue weighted by molar-refractivity contribution is 0.0526. The molecule has 0 unspecified atom stereocenters. The van der Waals surface area contributed by atoms with E-state index in [9.17, 15) is 22.4 Å². The van der Waals surface area contributed by atoms with E-state index >= 15 is 0 Å². The third kappa shape index (κ3) is 7.10. The van der Waals surface area contributed by atoms with Gasteiger partial charge < -0.3 is 10.1 Å². The fraction of sp³-hybridized carbons (Fsp3) is 0.212. The number of carbonyl (C=O) groups is 2. The molecule has 42 heavy (non-hydrogen) atoms. The Hall–Kier alpha value is -4.34. The van der Waals surface area contributed by atoms with Crippen LogP contribution >= 0.6 is 0 Å². The number of benzene rings is 4. The first kappa shape index (κ1) is 30.6. The first-order chi connectivity index (χ1) is 20.0. The Labute approximate surface area is 246 Å². The molecule has 0 radical (unpaired) electrons. The minimum Gasteiger partial charge on any atom is -0.462 e. The number of carbonyl (C=O) groups excluding carboxylic acids is 2. The van der Waals surface area contributed by atoms with Gasteiger partial charge in [0.05, 0.1) is 22.6 Å². The van der Waals surface area contributed by atoms with E-state index in [0.717, 1.165) is 40.5 Å². The van der Waals surface area contributed by atoms with Gasteiger partial charge in [0.2, 0.25) is 10.0 Å². The molecule has 0 heterocycles. The van der Waals surface area contributed by atoms with E-state index < -0.39 is 27.7 Å². The van der Waals surface area contributed by atoms with E-state index in [2.05, 4.69) is 5.32 Å². The van der Waals surface area contributed by atoms with Crippen LogP contribution in [0.25, 0.3) is 0 Å². The molecule has 0 aliphatic rings. The molecule has 0 aliphatic heterocycles. The third-order valence-electron chi connectivity index (χ3n) is 6.84. The number of para-hydroxylation sites is 1. The molecule has 4 aromatic carbocycles. The highest BCUT2D eigenvalue weighted by Crippen LogP contribution is 2.26. The summed E-state index contributed by atoms with van der Waals surface area (Å²) in [6, 6.07) is 22.7. The zero-order valence-corrected chi connectivity index (χ0v) is 24.8. The lowest BCUT2D eigenvalue weighted by Crippen LogP contribution is -2.30. The van der Waals surface area contributed by atoms with Crippen LogP contribution in [-0.4, -0.2) is 31.2 Å². The Morgan fingerprint density at radius 1 is 0.833 bits per heavy atom. The van der Waals surface area contributed by atoms with Crippen LogP contribution < -0.4 is 5.32 Å². The monoisotopic (exact) mass is 588 g/mol. The minimum atomic E-state index is -4.21. The number of amides is 1. The van der Waals surface area contributed by atoms with Crippen molar-refractivity contribution < 1.29 is 27.1 Å². The number of anilines is 1. The van der Waals surface area contributed by atoms with Crippen molar-refractivity contribution >= 4 is 27.6 Å². The number of rotatable bonds is 10. The van der Waals surface area contributed by atoms with E-state index in [-0.39, 0.29) is 30.2 Å². The van der Waals surface area contributed by atoms with E-state index in [0.29, 0.717) is 16.8 Å². The van der Waals surface area contributed by atoms with Gasteiger partial charge in [-0.1, -0.05) is 60.2 Å². The van der Waals surface area contributed by atoms with Gasteiger partial charge in [0.15, 0.2) is 0 Å². The van der Waals surface area contributed by atoms with Crippen LogP contribution in [0.3, 0.4) is 0 Å². The average Bonchev–Trinajstić information content (AvgIpc) is 2.96. The number of halogens is 1. The number of hydrogen-bond donors (Lipinski definition) is 1. The molecule has 0 aromatic heterocycles.